The van der Waals surface area contributed by atoms with E-state index in [1.807, 2.05) is 0 Å². The third-order valence-electron chi connectivity index (χ3n) is 3.33. The van der Waals surface area contributed by atoms with Gasteiger partial charge in [0, 0.05) is 19.2 Å². The highest BCUT2D eigenvalue weighted by Gasteiger charge is 2.25. The third kappa shape index (κ3) is 3.43. The van der Waals surface area contributed by atoms with Gasteiger partial charge in [0.2, 0.25) is 0 Å². The summed E-state index contributed by atoms with van der Waals surface area (Å²) in [6, 6.07) is 2.79. The van der Waals surface area contributed by atoms with E-state index in [0.717, 1.165) is 18.6 Å². The van der Waals surface area contributed by atoms with Crippen LogP contribution < -0.4 is 5.32 Å². The molecule has 0 bridgehead atoms. The molecule has 1 aromatic rings. The number of hydrogen-bond donors (Lipinski definition) is 1. The lowest BCUT2D eigenvalue weighted by Gasteiger charge is -2.34. The summed E-state index contributed by atoms with van der Waals surface area (Å²) < 4.78 is 26.2. The Balaban J connectivity index is 2.04. The minimum atomic E-state index is -0.758. The maximum Gasteiger partial charge on any atom is 0.321 e. The van der Waals surface area contributed by atoms with Gasteiger partial charge in [-0.1, -0.05) is 13.8 Å². The number of carbonyl (C=O) groups excluding carboxylic acids is 1. The molecule has 104 valence electrons. The Labute approximate surface area is 111 Å². The van der Waals surface area contributed by atoms with Gasteiger partial charge in [0.05, 0.1) is 5.69 Å². The second-order valence-corrected chi connectivity index (χ2v) is 5.41. The molecule has 2 amide bonds. The Morgan fingerprint density at radius 3 is 2.47 bits per heavy atom. The van der Waals surface area contributed by atoms with Crippen LogP contribution in [0.4, 0.5) is 19.3 Å². The van der Waals surface area contributed by atoms with Crippen LogP contribution in [0.25, 0.3) is 0 Å². The molecule has 1 heterocycles. The zero-order valence-electron chi connectivity index (χ0n) is 11.1. The summed E-state index contributed by atoms with van der Waals surface area (Å²) >= 11 is 0. The zero-order chi connectivity index (χ0) is 14.0. The van der Waals surface area contributed by atoms with Crippen molar-refractivity contribution in [2.24, 2.45) is 11.8 Å². The number of nitrogens with one attached hydrogen (secondary N) is 1. The highest BCUT2D eigenvalue weighted by atomic mass is 19.1. The normalized spacial score (nSPS) is 23.3. The highest BCUT2D eigenvalue weighted by Crippen LogP contribution is 2.22. The van der Waals surface area contributed by atoms with E-state index in [1.165, 1.54) is 6.07 Å². The van der Waals surface area contributed by atoms with Crippen molar-refractivity contribution in [3.63, 3.8) is 0 Å². The maximum atomic E-state index is 13.5. The molecular formula is C14H18F2N2O. The number of rotatable bonds is 1. The van der Waals surface area contributed by atoms with Crippen molar-refractivity contribution in [1.29, 1.82) is 0 Å². The van der Waals surface area contributed by atoms with Crippen molar-refractivity contribution in [2.45, 2.75) is 20.3 Å². The molecule has 1 saturated heterocycles. The maximum absolute atomic E-state index is 13.5. The molecule has 2 rings (SSSR count). The SMILES string of the molecule is C[C@@H]1C[C@@H](C)CN(C(=O)Nc2ccc(F)cc2F)C1. The van der Waals surface area contributed by atoms with E-state index in [0.29, 0.717) is 24.9 Å². The largest absolute Gasteiger partial charge is 0.324 e. The first-order valence-electron chi connectivity index (χ1n) is 6.46. The lowest BCUT2D eigenvalue weighted by atomic mass is 9.92. The lowest BCUT2D eigenvalue weighted by molar-refractivity contribution is 0.156. The first kappa shape index (κ1) is 13.8. The minimum absolute atomic E-state index is 0.0114. The van der Waals surface area contributed by atoms with Gasteiger partial charge in [-0.25, -0.2) is 13.6 Å². The van der Waals surface area contributed by atoms with E-state index >= 15 is 0 Å². The van der Waals surface area contributed by atoms with Gasteiger partial charge in [-0.3, -0.25) is 0 Å². The van der Waals surface area contributed by atoms with Crippen molar-refractivity contribution >= 4 is 11.7 Å². The van der Waals surface area contributed by atoms with E-state index in [-0.39, 0.29) is 11.7 Å². The average Bonchev–Trinajstić information content (AvgIpc) is 2.31. The Hall–Kier alpha value is -1.65. The van der Waals surface area contributed by atoms with Crippen molar-refractivity contribution in [3.8, 4) is 0 Å². The summed E-state index contributed by atoms with van der Waals surface area (Å²) in [6.07, 6.45) is 1.09. The van der Waals surface area contributed by atoms with Crippen LogP contribution in [-0.2, 0) is 0 Å². The number of benzene rings is 1. The van der Waals surface area contributed by atoms with Crippen LogP contribution in [0.2, 0.25) is 0 Å². The second kappa shape index (κ2) is 5.55. The smallest absolute Gasteiger partial charge is 0.321 e. The molecule has 0 aromatic heterocycles. The zero-order valence-corrected chi connectivity index (χ0v) is 11.1. The standard InChI is InChI=1S/C14H18F2N2O/c1-9-5-10(2)8-18(7-9)14(19)17-13-4-3-11(15)6-12(13)16/h3-4,6,9-10H,5,7-8H2,1-2H3,(H,17,19)/t9-,10-/m1/s1. The van der Waals surface area contributed by atoms with Gasteiger partial charge in [-0.05, 0) is 30.4 Å². The molecule has 1 aliphatic rings. The molecule has 0 unspecified atom stereocenters. The monoisotopic (exact) mass is 268 g/mol. The van der Waals surface area contributed by atoms with Crippen LogP contribution in [0, 0.1) is 23.5 Å². The molecule has 0 radical (unpaired) electrons. The number of piperidine rings is 1. The molecule has 1 fully saturated rings. The van der Waals surface area contributed by atoms with Crippen LogP contribution in [0.3, 0.4) is 0 Å². The number of amides is 2. The summed E-state index contributed by atoms with van der Waals surface area (Å²) in [4.78, 5) is 13.7. The lowest BCUT2D eigenvalue weighted by Crippen LogP contribution is -2.44. The van der Waals surface area contributed by atoms with Gasteiger partial charge in [0.15, 0.2) is 0 Å². The van der Waals surface area contributed by atoms with Crippen molar-refractivity contribution in [3.05, 3.63) is 29.8 Å². The van der Waals surface area contributed by atoms with Crippen LogP contribution in [0.5, 0.6) is 0 Å². The van der Waals surface area contributed by atoms with Crippen LogP contribution in [-0.4, -0.2) is 24.0 Å². The Bertz CT molecular complexity index is 469. The molecule has 0 aliphatic carbocycles. The number of carbonyl (C=O) groups is 1. The molecule has 1 N–H and O–H groups in total. The molecular weight excluding hydrogens is 250 g/mol. The number of likely N-dealkylation sites (tertiary alicyclic amines) is 1. The topological polar surface area (TPSA) is 32.3 Å². The van der Waals surface area contributed by atoms with Gasteiger partial charge in [-0.15, -0.1) is 0 Å². The number of hydrogen-bond acceptors (Lipinski definition) is 1. The molecule has 19 heavy (non-hydrogen) atoms. The van der Waals surface area contributed by atoms with E-state index in [9.17, 15) is 13.6 Å². The van der Waals surface area contributed by atoms with Crippen LogP contribution in [0.1, 0.15) is 20.3 Å². The predicted molar refractivity (Wildman–Crippen MR) is 69.9 cm³/mol. The van der Waals surface area contributed by atoms with Gasteiger partial charge >= 0.3 is 6.03 Å². The summed E-state index contributed by atoms with van der Waals surface area (Å²) in [5, 5.41) is 2.49. The fourth-order valence-corrected chi connectivity index (χ4v) is 2.61. The van der Waals surface area contributed by atoms with Crippen LogP contribution in [0.15, 0.2) is 18.2 Å². The predicted octanol–water partition coefficient (Wildman–Crippen LogP) is 3.47. The number of urea groups is 1. The van der Waals surface area contributed by atoms with E-state index in [1.54, 1.807) is 4.90 Å². The van der Waals surface area contributed by atoms with E-state index < -0.39 is 11.6 Å². The molecule has 3 nitrogen and oxygen atoms in total. The molecule has 1 aliphatic heterocycles. The number of nitrogens with zero attached hydrogens (tertiary/aromatic N) is 1. The average molecular weight is 268 g/mol. The van der Waals surface area contributed by atoms with Crippen molar-refractivity contribution in [2.75, 3.05) is 18.4 Å². The Morgan fingerprint density at radius 2 is 1.89 bits per heavy atom. The summed E-state index contributed by atoms with van der Waals surface area (Å²) in [7, 11) is 0. The number of halogens is 2. The quantitative estimate of drug-likeness (QED) is 0.831. The summed E-state index contributed by atoms with van der Waals surface area (Å²) in [5.74, 6) is -0.540. The summed E-state index contributed by atoms with van der Waals surface area (Å²) in [6.45, 7) is 5.51. The minimum Gasteiger partial charge on any atom is -0.324 e. The molecule has 2 atom stereocenters. The van der Waals surface area contributed by atoms with Gasteiger partial charge in [-0.2, -0.15) is 0 Å². The van der Waals surface area contributed by atoms with Gasteiger partial charge in [0.1, 0.15) is 11.6 Å². The molecule has 5 heteroatoms. The first-order valence-corrected chi connectivity index (χ1v) is 6.46. The van der Waals surface area contributed by atoms with Crippen molar-refractivity contribution in [1.82, 2.24) is 4.90 Å². The Kier molecular flexibility index (Phi) is 4.02. The van der Waals surface area contributed by atoms with Gasteiger partial charge in [0.25, 0.3) is 0 Å². The second-order valence-electron chi connectivity index (χ2n) is 5.41. The molecule has 1 aromatic carbocycles. The first-order chi connectivity index (χ1) is 8.95. The fraction of sp³-hybridized carbons (Fsp3) is 0.500. The highest BCUT2D eigenvalue weighted by molar-refractivity contribution is 5.89. The van der Waals surface area contributed by atoms with E-state index in [2.05, 4.69) is 19.2 Å². The van der Waals surface area contributed by atoms with Crippen LogP contribution >= 0.6 is 0 Å². The van der Waals surface area contributed by atoms with E-state index in [4.69, 9.17) is 0 Å². The van der Waals surface area contributed by atoms with Gasteiger partial charge < -0.3 is 10.2 Å². The molecule has 0 spiro atoms. The Morgan fingerprint density at radius 1 is 1.26 bits per heavy atom. The molecule has 0 saturated carbocycles. The number of anilines is 1. The fourth-order valence-electron chi connectivity index (χ4n) is 2.61. The third-order valence-corrected chi connectivity index (χ3v) is 3.33. The summed E-state index contributed by atoms with van der Waals surface area (Å²) in [5.41, 5.74) is 0.0114. The van der Waals surface area contributed by atoms with Crippen molar-refractivity contribution < 1.29 is 13.6 Å².